The zero-order valence-corrected chi connectivity index (χ0v) is 19.9. The molecule has 0 aromatic rings. The minimum Gasteiger partial charge on any atom is -0.465 e. The first-order valence-electron chi connectivity index (χ1n) is 13.0. The van der Waals surface area contributed by atoms with Crippen molar-refractivity contribution in [1.29, 1.82) is 0 Å². The molecule has 0 aromatic heterocycles. The van der Waals surface area contributed by atoms with Gasteiger partial charge in [0.05, 0.1) is 23.2 Å². The molecule has 0 amide bonds. The first-order chi connectivity index (χ1) is 15.5. The molecule has 0 aliphatic heterocycles. The molecule has 3 fully saturated rings. The lowest BCUT2D eigenvalue weighted by Gasteiger charge is -2.31. The van der Waals surface area contributed by atoms with E-state index >= 15 is 0 Å². The molecule has 0 heterocycles. The smallest absolute Gasteiger partial charge is 0.308 e. The van der Waals surface area contributed by atoms with Crippen LogP contribution in [-0.2, 0) is 28.6 Å². The maximum atomic E-state index is 12.6. The maximum absolute atomic E-state index is 12.6. The summed E-state index contributed by atoms with van der Waals surface area (Å²) in [4.78, 5) is 37.7. The van der Waals surface area contributed by atoms with Gasteiger partial charge in [-0.05, 0) is 45.4 Å². The van der Waals surface area contributed by atoms with Gasteiger partial charge in [0.15, 0.2) is 0 Å². The molecule has 0 aromatic carbocycles. The molecule has 0 spiro atoms. The van der Waals surface area contributed by atoms with Gasteiger partial charge in [0.25, 0.3) is 0 Å². The van der Waals surface area contributed by atoms with Crippen molar-refractivity contribution in [2.75, 3.05) is 19.8 Å². The standard InChI is InChI=1S/C26H42O6/c1-26(17-30-23(27)20-11-5-2-6-12-20,18-31-24(28)21-13-7-3-8-14-21)19-32-25(29)22-15-9-4-10-16-22/h20-22H,2-19H2,1H3. The van der Waals surface area contributed by atoms with Gasteiger partial charge in [-0.2, -0.15) is 0 Å². The molecule has 3 rings (SSSR count). The molecule has 6 nitrogen and oxygen atoms in total. The van der Waals surface area contributed by atoms with Gasteiger partial charge in [-0.25, -0.2) is 0 Å². The highest BCUT2D eigenvalue weighted by atomic mass is 16.6. The molecule has 3 aliphatic rings. The normalized spacial score (nSPS) is 21.7. The number of rotatable bonds is 9. The van der Waals surface area contributed by atoms with Crippen LogP contribution in [0.2, 0.25) is 0 Å². The third kappa shape index (κ3) is 7.77. The Morgan fingerprint density at radius 2 is 0.781 bits per heavy atom. The van der Waals surface area contributed by atoms with Crippen LogP contribution < -0.4 is 0 Å². The minimum absolute atomic E-state index is 0.0393. The highest BCUT2D eigenvalue weighted by molar-refractivity contribution is 5.73. The Labute approximate surface area is 193 Å². The fourth-order valence-corrected chi connectivity index (χ4v) is 5.23. The lowest BCUT2D eigenvalue weighted by atomic mass is 9.88. The predicted molar refractivity (Wildman–Crippen MR) is 121 cm³/mol. The number of ether oxygens (including phenoxy) is 3. The molecule has 3 saturated carbocycles. The predicted octanol–water partition coefficient (Wildman–Crippen LogP) is 5.36. The molecule has 3 aliphatic carbocycles. The van der Waals surface area contributed by atoms with Gasteiger partial charge >= 0.3 is 17.9 Å². The van der Waals surface area contributed by atoms with Crippen LogP contribution in [0.5, 0.6) is 0 Å². The van der Waals surface area contributed by atoms with Crippen LogP contribution in [0.25, 0.3) is 0 Å². The molecular formula is C26H42O6. The average molecular weight is 451 g/mol. The quantitative estimate of drug-likeness (QED) is 0.347. The Balaban J connectivity index is 1.54. The average Bonchev–Trinajstić information content (AvgIpc) is 2.86. The van der Waals surface area contributed by atoms with E-state index in [1.165, 1.54) is 19.3 Å². The number of hydrogen-bond acceptors (Lipinski definition) is 6. The summed E-state index contributed by atoms with van der Waals surface area (Å²) in [5, 5.41) is 0. The third-order valence-electron chi connectivity index (χ3n) is 7.50. The van der Waals surface area contributed by atoms with Crippen LogP contribution in [0.1, 0.15) is 103 Å². The Hall–Kier alpha value is -1.59. The lowest BCUT2D eigenvalue weighted by molar-refractivity contribution is -0.167. The number of esters is 3. The van der Waals surface area contributed by atoms with E-state index in [2.05, 4.69) is 0 Å². The van der Waals surface area contributed by atoms with Crippen LogP contribution >= 0.6 is 0 Å². The van der Waals surface area contributed by atoms with E-state index in [0.717, 1.165) is 77.0 Å². The monoisotopic (exact) mass is 450 g/mol. The fourth-order valence-electron chi connectivity index (χ4n) is 5.23. The van der Waals surface area contributed by atoms with Gasteiger partial charge in [-0.1, -0.05) is 57.8 Å². The van der Waals surface area contributed by atoms with E-state index < -0.39 is 5.41 Å². The number of carbonyl (C=O) groups excluding carboxylic acids is 3. The zero-order valence-electron chi connectivity index (χ0n) is 19.9. The third-order valence-corrected chi connectivity index (χ3v) is 7.50. The Kier molecular flexibility index (Phi) is 9.86. The van der Waals surface area contributed by atoms with E-state index in [0.29, 0.717) is 0 Å². The molecule has 0 radical (unpaired) electrons. The molecule has 0 saturated heterocycles. The summed E-state index contributed by atoms with van der Waals surface area (Å²) in [6.45, 7) is 2.16. The largest absolute Gasteiger partial charge is 0.465 e. The van der Waals surface area contributed by atoms with Crippen LogP contribution in [0.15, 0.2) is 0 Å². The number of carbonyl (C=O) groups is 3. The van der Waals surface area contributed by atoms with Crippen LogP contribution in [0.3, 0.4) is 0 Å². The van der Waals surface area contributed by atoms with Crippen LogP contribution in [0, 0.1) is 23.2 Å². The maximum Gasteiger partial charge on any atom is 0.308 e. The van der Waals surface area contributed by atoms with Gasteiger partial charge in [0.2, 0.25) is 0 Å². The summed E-state index contributed by atoms with van der Waals surface area (Å²) < 4.78 is 17.0. The van der Waals surface area contributed by atoms with Crippen molar-refractivity contribution < 1.29 is 28.6 Å². The first-order valence-corrected chi connectivity index (χ1v) is 13.0. The molecule has 0 N–H and O–H groups in total. The van der Waals surface area contributed by atoms with Crippen molar-refractivity contribution in [3.05, 3.63) is 0 Å². The van der Waals surface area contributed by atoms with E-state index in [4.69, 9.17) is 14.2 Å². The molecule has 182 valence electrons. The molecule has 32 heavy (non-hydrogen) atoms. The van der Waals surface area contributed by atoms with Crippen molar-refractivity contribution in [3.8, 4) is 0 Å². The van der Waals surface area contributed by atoms with Gasteiger partial charge < -0.3 is 14.2 Å². The minimum atomic E-state index is -0.737. The Morgan fingerprint density at radius 3 is 1.03 bits per heavy atom. The van der Waals surface area contributed by atoms with E-state index in [9.17, 15) is 14.4 Å². The molecule has 0 atom stereocenters. The SMILES string of the molecule is CC(COC(=O)C1CCCCC1)(COC(=O)C1CCCCC1)COC(=O)C1CCCCC1. The Bertz CT molecular complexity index is 528. The molecular weight excluding hydrogens is 408 g/mol. The zero-order chi connectivity index (χ0) is 22.8. The highest BCUT2D eigenvalue weighted by Crippen LogP contribution is 2.29. The lowest BCUT2D eigenvalue weighted by Crippen LogP contribution is -2.39. The second kappa shape index (κ2) is 12.6. The summed E-state index contributed by atoms with van der Waals surface area (Å²) in [5.41, 5.74) is -0.737. The van der Waals surface area contributed by atoms with E-state index in [1.807, 2.05) is 6.92 Å². The topological polar surface area (TPSA) is 78.9 Å². The number of hydrogen-bond donors (Lipinski definition) is 0. The molecule has 0 bridgehead atoms. The summed E-state index contributed by atoms with van der Waals surface area (Å²) in [6, 6.07) is 0. The van der Waals surface area contributed by atoms with Crippen molar-refractivity contribution in [3.63, 3.8) is 0 Å². The van der Waals surface area contributed by atoms with Gasteiger partial charge in [-0.15, -0.1) is 0 Å². The Morgan fingerprint density at radius 1 is 0.531 bits per heavy atom. The van der Waals surface area contributed by atoms with E-state index in [1.54, 1.807) is 0 Å². The summed E-state index contributed by atoms with van der Waals surface area (Å²) >= 11 is 0. The van der Waals surface area contributed by atoms with Gasteiger partial charge in [-0.3, -0.25) is 14.4 Å². The summed E-state index contributed by atoms with van der Waals surface area (Å²) in [6.07, 6.45) is 15.2. The van der Waals surface area contributed by atoms with Crippen molar-refractivity contribution in [2.45, 2.75) is 103 Å². The molecule has 0 unspecified atom stereocenters. The summed E-state index contributed by atoms with van der Waals surface area (Å²) in [5.74, 6) is -0.637. The molecule has 6 heteroatoms. The summed E-state index contributed by atoms with van der Waals surface area (Å²) in [7, 11) is 0. The van der Waals surface area contributed by atoms with Crippen LogP contribution in [0.4, 0.5) is 0 Å². The fraction of sp³-hybridized carbons (Fsp3) is 0.885. The van der Waals surface area contributed by atoms with Crippen molar-refractivity contribution in [2.24, 2.45) is 23.2 Å². The van der Waals surface area contributed by atoms with Crippen LogP contribution in [-0.4, -0.2) is 37.7 Å². The highest BCUT2D eigenvalue weighted by Gasteiger charge is 2.35. The van der Waals surface area contributed by atoms with Crippen molar-refractivity contribution in [1.82, 2.24) is 0 Å². The second-order valence-corrected chi connectivity index (χ2v) is 10.6. The first kappa shape index (κ1) is 25.0. The van der Waals surface area contributed by atoms with Gasteiger partial charge in [0, 0.05) is 0 Å². The van der Waals surface area contributed by atoms with Gasteiger partial charge in [0.1, 0.15) is 19.8 Å². The van der Waals surface area contributed by atoms with E-state index in [-0.39, 0.29) is 55.5 Å². The van der Waals surface area contributed by atoms with Crippen molar-refractivity contribution >= 4 is 17.9 Å². The second-order valence-electron chi connectivity index (χ2n) is 10.6.